The van der Waals surface area contributed by atoms with Gasteiger partial charge < -0.3 is 10.1 Å². The summed E-state index contributed by atoms with van der Waals surface area (Å²) in [6.45, 7) is 1.90. The van der Waals surface area contributed by atoms with Crippen LogP contribution in [0.15, 0.2) is 48.7 Å². The number of rotatable bonds is 7. The van der Waals surface area contributed by atoms with Crippen LogP contribution in [0.2, 0.25) is 0 Å². The zero-order valence-electron chi connectivity index (χ0n) is 16.7. The van der Waals surface area contributed by atoms with E-state index in [0.29, 0.717) is 6.07 Å². The molecule has 0 fully saturated rings. The molecule has 3 rings (SSSR count). The maximum absolute atomic E-state index is 12.9. The molecule has 33 heavy (non-hydrogen) atoms. The molecule has 172 valence electrons. The number of halogens is 3. The zero-order chi connectivity index (χ0) is 24.3. The summed E-state index contributed by atoms with van der Waals surface area (Å²) < 4.78 is 45.2. The minimum atomic E-state index is -4.63. The van der Waals surface area contributed by atoms with Gasteiger partial charge in [0.2, 0.25) is 5.69 Å². The number of non-ortho nitro benzene ring substituents is 1. The minimum Gasteiger partial charge on any atom is -0.457 e. The lowest BCUT2D eigenvalue weighted by Gasteiger charge is -2.11. The lowest BCUT2D eigenvalue weighted by atomic mass is 10.2. The van der Waals surface area contributed by atoms with Gasteiger partial charge in [-0.2, -0.15) is 18.3 Å². The highest BCUT2D eigenvalue weighted by Gasteiger charge is 2.31. The van der Waals surface area contributed by atoms with Crippen molar-refractivity contribution in [2.75, 3.05) is 5.32 Å². The molecule has 0 bridgehead atoms. The number of alkyl halides is 3. The number of carbonyl (C=O) groups is 1. The second kappa shape index (κ2) is 8.94. The number of aryl methyl sites for hydroxylation is 1. The highest BCUT2D eigenvalue weighted by Crippen LogP contribution is 2.34. The molecule has 0 spiro atoms. The van der Waals surface area contributed by atoms with E-state index in [4.69, 9.17) is 4.74 Å². The summed E-state index contributed by atoms with van der Waals surface area (Å²) in [6, 6.07) is 6.87. The number of aromatic nitrogens is 2. The highest BCUT2D eigenvalue weighted by atomic mass is 19.4. The van der Waals surface area contributed by atoms with Gasteiger partial charge in [0.15, 0.2) is 0 Å². The summed E-state index contributed by atoms with van der Waals surface area (Å²) >= 11 is 0. The molecule has 11 nitrogen and oxygen atoms in total. The molecule has 3 aromatic rings. The molecule has 0 unspecified atom stereocenters. The van der Waals surface area contributed by atoms with Crippen LogP contribution in [0.5, 0.6) is 11.5 Å². The third-order valence-corrected chi connectivity index (χ3v) is 4.24. The normalized spacial score (nSPS) is 11.2. The van der Waals surface area contributed by atoms with E-state index in [2.05, 4.69) is 10.4 Å². The Kier molecular flexibility index (Phi) is 6.28. The molecule has 1 aromatic heterocycles. The van der Waals surface area contributed by atoms with Gasteiger partial charge in [-0.05, 0) is 25.1 Å². The minimum absolute atomic E-state index is 0.184. The molecule has 14 heteroatoms. The molecule has 0 aliphatic heterocycles. The van der Waals surface area contributed by atoms with Crippen LogP contribution in [0, 0.1) is 20.2 Å². The summed E-state index contributed by atoms with van der Waals surface area (Å²) in [5, 5.41) is 28.5. The summed E-state index contributed by atoms with van der Waals surface area (Å²) in [6.07, 6.45) is -3.57. The second-order valence-electron chi connectivity index (χ2n) is 6.53. The number of nitro groups is 2. The van der Waals surface area contributed by atoms with Crippen LogP contribution >= 0.6 is 0 Å². The summed E-state index contributed by atoms with van der Waals surface area (Å²) in [5.74, 6) is -1.51. The van der Waals surface area contributed by atoms with Crippen molar-refractivity contribution in [1.29, 1.82) is 0 Å². The number of nitrogens with zero attached hydrogens (tertiary/aromatic N) is 4. The summed E-state index contributed by atoms with van der Waals surface area (Å²) in [7, 11) is 0. The molecule has 2 aromatic carbocycles. The van der Waals surface area contributed by atoms with Crippen LogP contribution in [-0.4, -0.2) is 25.5 Å². The maximum Gasteiger partial charge on any atom is 0.416 e. The van der Waals surface area contributed by atoms with E-state index in [1.807, 2.05) is 0 Å². The highest BCUT2D eigenvalue weighted by molar-refractivity contribution is 6.05. The number of carbonyl (C=O) groups excluding carboxylic acids is 1. The van der Waals surface area contributed by atoms with E-state index in [0.717, 1.165) is 36.5 Å². The first-order valence-corrected chi connectivity index (χ1v) is 9.15. The lowest BCUT2D eigenvalue weighted by Crippen LogP contribution is -2.15. The zero-order valence-corrected chi connectivity index (χ0v) is 16.7. The van der Waals surface area contributed by atoms with Gasteiger partial charge in [-0.15, -0.1) is 0 Å². The average Bonchev–Trinajstić information content (AvgIpc) is 3.18. The Morgan fingerprint density at radius 1 is 1.12 bits per heavy atom. The number of nitro benzene ring substituents is 1. The van der Waals surface area contributed by atoms with Gasteiger partial charge in [0.05, 0.1) is 27.2 Å². The van der Waals surface area contributed by atoms with Crippen molar-refractivity contribution in [3.8, 4) is 11.5 Å². The van der Waals surface area contributed by atoms with Crippen molar-refractivity contribution in [3.05, 3.63) is 80.1 Å². The molecule has 0 saturated carbocycles. The van der Waals surface area contributed by atoms with Gasteiger partial charge in [0, 0.05) is 18.7 Å². The van der Waals surface area contributed by atoms with E-state index < -0.39 is 44.6 Å². The topological polar surface area (TPSA) is 142 Å². The molecule has 1 N–H and O–H groups in total. The van der Waals surface area contributed by atoms with Crippen molar-refractivity contribution in [2.45, 2.75) is 19.6 Å². The first-order valence-electron chi connectivity index (χ1n) is 9.15. The van der Waals surface area contributed by atoms with Crippen molar-refractivity contribution in [3.63, 3.8) is 0 Å². The average molecular weight is 465 g/mol. The predicted molar refractivity (Wildman–Crippen MR) is 107 cm³/mol. The number of nitrogens with one attached hydrogen (secondary N) is 1. The number of anilines is 1. The van der Waals surface area contributed by atoms with Gasteiger partial charge in [-0.1, -0.05) is 6.07 Å². The largest absolute Gasteiger partial charge is 0.457 e. The van der Waals surface area contributed by atoms with E-state index in [1.54, 1.807) is 6.92 Å². The first kappa shape index (κ1) is 23.2. The van der Waals surface area contributed by atoms with Crippen LogP contribution in [0.3, 0.4) is 0 Å². The van der Waals surface area contributed by atoms with Crippen molar-refractivity contribution >= 4 is 23.0 Å². The Bertz CT molecular complexity index is 1240. The molecule has 0 atom stereocenters. The Balaban J connectivity index is 1.93. The van der Waals surface area contributed by atoms with Crippen LogP contribution < -0.4 is 10.1 Å². The van der Waals surface area contributed by atoms with Crippen molar-refractivity contribution < 1.29 is 32.5 Å². The van der Waals surface area contributed by atoms with Crippen LogP contribution in [0.25, 0.3) is 0 Å². The predicted octanol–water partition coefficient (Wildman–Crippen LogP) is 4.78. The van der Waals surface area contributed by atoms with Crippen molar-refractivity contribution in [2.24, 2.45) is 0 Å². The van der Waals surface area contributed by atoms with E-state index >= 15 is 0 Å². The molecule has 1 heterocycles. The van der Waals surface area contributed by atoms with Gasteiger partial charge in [0.1, 0.15) is 17.7 Å². The van der Waals surface area contributed by atoms with Crippen LogP contribution in [0.4, 0.5) is 30.2 Å². The molecule has 1 amide bonds. The Morgan fingerprint density at radius 3 is 2.45 bits per heavy atom. The van der Waals surface area contributed by atoms with Gasteiger partial charge in [-0.25, -0.2) is 0 Å². The standard InChI is InChI=1S/C19H14F3N5O6/c1-2-25-10-16(27(31)32)17(24-25)18(28)23-12-7-13(26(29)30)9-15(8-12)33-14-5-3-4-11(6-14)19(20,21)22/h3-10H,2H2,1H3,(H,23,28). The maximum atomic E-state index is 12.9. The van der Waals surface area contributed by atoms with Gasteiger partial charge >= 0.3 is 11.9 Å². The van der Waals surface area contributed by atoms with Crippen molar-refractivity contribution in [1.82, 2.24) is 9.78 Å². The Labute approximate surface area is 182 Å². The fourth-order valence-corrected chi connectivity index (χ4v) is 2.75. The SMILES string of the molecule is CCn1cc([N+](=O)[O-])c(C(=O)Nc2cc(Oc3cccc(C(F)(F)F)c3)cc([N+](=O)[O-])c2)n1. The number of amides is 1. The van der Waals surface area contributed by atoms with Gasteiger partial charge in [-0.3, -0.25) is 29.7 Å². The first-order chi connectivity index (χ1) is 15.5. The molecular weight excluding hydrogens is 451 g/mol. The monoisotopic (exact) mass is 465 g/mol. The van der Waals surface area contributed by atoms with E-state index in [-0.39, 0.29) is 23.7 Å². The molecule has 0 aliphatic carbocycles. The van der Waals surface area contributed by atoms with E-state index in [1.165, 1.54) is 10.7 Å². The van der Waals surface area contributed by atoms with Crippen LogP contribution in [-0.2, 0) is 12.7 Å². The smallest absolute Gasteiger partial charge is 0.416 e. The Morgan fingerprint density at radius 2 is 1.85 bits per heavy atom. The molecule has 0 aliphatic rings. The molecular formula is C19H14F3N5O6. The third kappa shape index (κ3) is 5.41. The molecule has 0 saturated heterocycles. The Hall–Kier alpha value is -4.49. The number of hydrogen-bond donors (Lipinski definition) is 1. The summed E-state index contributed by atoms with van der Waals surface area (Å²) in [5.41, 5.74) is -2.80. The third-order valence-electron chi connectivity index (χ3n) is 4.24. The fourth-order valence-electron chi connectivity index (χ4n) is 2.75. The fraction of sp³-hybridized carbons (Fsp3) is 0.158. The van der Waals surface area contributed by atoms with E-state index in [9.17, 15) is 38.2 Å². The molecule has 0 radical (unpaired) electrons. The van der Waals surface area contributed by atoms with Gasteiger partial charge in [0.25, 0.3) is 11.6 Å². The summed E-state index contributed by atoms with van der Waals surface area (Å²) in [4.78, 5) is 33.4. The second-order valence-corrected chi connectivity index (χ2v) is 6.53. The van der Waals surface area contributed by atoms with Crippen LogP contribution in [0.1, 0.15) is 23.0 Å². The number of ether oxygens (including phenoxy) is 1. The number of hydrogen-bond acceptors (Lipinski definition) is 7. The lowest BCUT2D eigenvalue weighted by molar-refractivity contribution is -0.385. The number of benzene rings is 2. The quantitative estimate of drug-likeness (QED) is 0.391.